The number of carbonyl (C=O) groups is 2. The fourth-order valence-corrected chi connectivity index (χ4v) is 12.3. The van der Waals surface area contributed by atoms with Gasteiger partial charge in [0, 0.05) is 20.1 Å². The van der Waals surface area contributed by atoms with Crippen LogP contribution in [0.5, 0.6) is 0 Å². The van der Waals surface area contributed by atoms with E-state index in [1.165, 1.54) is 0 Å². The molecule has 5 aliphatic carbocycles. The van der Waals surface area contributed by atoms with E-state index in [-0.39, 0.29) is 46.2 Å². The largest absolute Gasteiger partial charge is 0.481 e. The topological polar surface area (TPSA) is 113 Å². The van der Waals surface area contributed by atoms with E-state index >= 15 is 0 Å². The number of hydrogen-bond donors (Lipinski definition) is 3. The minimum atomic E-state index is -1.13. The molecule has 0 spiro atoms. The van der Waals surface area contributed by atoms with Gasteiger partial charge in [0.1, 0.15) is 0 Å². The minimum Gasteiger partial charge on any atom is -0.481 e. The maximum Gasteiger partial charge on any atom is 0.312 e. The maximum atomic E-state index is 13.0. The molecule has 0 saturated heterocycles. The van der Waals surface area contributed by atoms with Gasteiger partial charge in [0.25, 0.3) is 0 Å². The fraction of sp³-hybridized carbons (Fsp3) is 0.938. The summed E-state index contributed by atoms with van der Waals surface area (Å²) < 4.78 is 11.4. The van der Waals surface area contributed by atoms with Crippen molar-refractivity contribution in [3.8, 4) is 0 Å². The Morgan fingerprint density at radius 2 is 1.44 bits per heavy atom. The molecule has 12 unspecified atom stereocenters. The number of ether oxygens (including phenoxy) is 2. The van der Waals surface area contributed by atoms with E-state index < -0.39 is 28.9 Å². The molecule has 12 atom stereocenters. The lowest BCUT2D eigenvalue weighted by molar-refractivity contribution is -0.254. The lowest BCUT2D eigenvalue weighted by Crippen LogP contribution is -2.68. The molecule has 7 nitrogen and oxygen atoms in total. The quantitative estimate of drug-likeness (QED) is 0.358. The Kier molecular flexibility index (Phi) is 7.08. The van der Waals surface area contributed by atoms with E-state index in [1.54, 1.807) is 21.1 Å². The third kappa shape index (κ3) is 3.57. The van der Waals surface area contributed by atoms with E-state index in [2.05, 4.69) is 27.7 Å². The summed E-state index contributed by atoms with van der Waals surface area (Å²) in [6, 6.07) is 0. The molecule has 0 amide bonds. The standard InChI is InChI=1S/C32H52O7/c1-18(25(38-6)39-7)19-10-15-32(27(36)37)17-16-29(3)20(24(19)32)8-9-21-28(2)13-12-23(33)31(5,26(34)35)22(28)11-14-30(21,29)4/h18-25,33H,8-17H2,1-7H3,(H,34,35)(H,36,37). The molecular weight excluding hydrogens is 496 g/mol. The first-order chi connectivity index (χ1) is 18.2. The average molecular weight is 549 g/mol. The molecule has 5 saturated carbocycles. The van der Waals surface area contributed by atoms with Crippen LogP contribution in [0, 0.1) is 62.6 Å². The Morgan fingerprint density at radius 3 is 2.03 bits per heavy atom. The molecule has 0 aromatic carbocycles. The summed E-state index contributed by atoms with van der Waals surface area (Å²) >= 11 is 0. The van der Waals surface area contributed by atoms with Crippen molar-refractivity contribution in [1.82, 2.24) is 0 Å². The van der Waals surface area contributed by atoms with E-state index in [0.29, 0.717) is 24.7 Å². The van der Waals surface area contributed by atoms with Gasteiger partial charge in [-0.15, -0.1) is 0 Å². The maximum absolute atomic E-state index is 13.0. The van der Waals surface area contributed by atoms with Crippen LogP contribution in [0.25, 0.3) is 0 Å². The van der Waals surface area contributed by atoms with Crippen LogP contribution < -0.4 is 0 Å². The van der Waals surface area contributed by atoms with Crippen molar-refractivity contribution in [3.05, 3.63) is 0 Å². The summed E-state index contributed by atoms with van der Waals surface area (Å²) in [5, 5.41) is 32.0. The Hall–Kier alpha value is -1.18. The molecule has 39 heavy (non-hydrogen) atoms. The van der Waals surface area contributed by atoms with Crippen molar-refractivity contribution in [3.63, 3.8) is 0 Å². The zero-order valence-corrected chi connectivity index (χ0v) is 25.2. The van der Waals surface area contributed by atoms with Gasteiger partial charge in [0.15, 0.2) is 6.29 Å². The van der Waals surface area contributed by atoms with Gasteiger partial charge in [-0.1, -0.05) is 27.7 Å². The Balaban J connectivity index is 1.55. The van der Waals surface area contributed by atoms with Crippen LogP contribution in [0.4, 0.5) is 0 Å². The Bertz CT molecular complexity index is 995. The summed E-state index contributed by atoms with van der Waals surface area (Å²) in [6.07, 6.45) is 7.18. The zero-order chi connectivity index (χ0) is 28.8. The van der Waals surface area contributed by atoms with Crippen LogP contribution in [-0.2, 0) is 19.1 Å². The number of carboxylic acid groups (broad SMARTS) is 2. The first kappa shape index (κ1) is 29.3. The minimum absolute atomic E-state index is 0.00811. The summed E-state index contributed by atoms with van der Waals surface area (Å²) in [7, 11) is 3.35. The van der Waals surface area contributed by atoms with E-state index in [9.17, 15) is 24.9 Å². The number of methoxy groups -OCH3 is 2. The highest BCUT2D eigenvalue weighted by atomic mass is 16.7. The zero-order valence-electron chi connectivity index (χ0n) is 25.2. The monoisotopic (exact) mass is 548 g/mol. The molecule has 0 aromatic heterocycles. The van der Waals surface area contributed by atoms with Crippen LogP contribution in [0.2, 0.25) is 0 Å². The van der Waals surface area contributed by atoms with Gasteiger partial charge in [0.2, 0.25) is 0 Å². The molecule has 0 heterocycles. The summed E-state index contributed by atoms with van der Waals surface area (Å²) in [5.74, 6) is -0.494. The number of aliphatic hydroxyl groups is 1. The molecule has 7 heteroatoms. The van der Waals surface area contributed by atoms with Gasteiger partial charge in [-0.2, -0.15) is 0 Å². The smallest absolute Gasteiger partial charge is 0.312 e. The highest BCUT2D eigenvalue weighted by molar-refractivity contribution is 5.76. The molecule has 0 bridgehead atoms. The van der Waals surface area contributed by atoms with Crippen molar-refractivity contribution in [2.45, 2.75) is 111 Å². The van der Waals surface area contributed by atoms with Crippen molar-refractivity contribution in [1.29, 1.82) is 0 Å². The van der Waals surface area contributed by atoms with Crippen molar-refractivity contribution in [2.24, 2.45) is 62.6 Å². The van der Waals surface area contributed by atoms with Crippen LogP contribution in [0.1, 0.15) is 98.8 Å². The van der Waals surface area contributed by atoms with Gasteiger partial charge in [-0.05, 0) is 117 Å². The number of aliphatic hydroxyl groups excluding tert-OH is 1. The highest BCUT2D eigenvalue weighted by Gasteiger charge is 2.73. The van der Waals surface area contributed by atoms with Gasteiger partial charge < -0.3 is 24.8 Å². The number of hydrogen-bond acceptors (Lipinski definition) is 5. The molecule has 3 N–H and O–H groups in total. The third-order valence-electron chi connectivity index (χ3n) is 14.6. The van der Waals surface area contributed by atoms with Gasteiger partial charge in [0.05, 0.1) is 16.9 Å². The van der Waals surface area contributed by atoms with Crippen LogP contribution in [0.15, 0.2) is 0 Å². The summed E-state index contributed by atoms with van der Waals surface area (Å²) in [6.45, 7) is 11.2. The molecule has 5 aliphatic rings. The van der Waals surface area contributed by atoms with Crippen LogP contribution in [-0.4, -0.2) is 53.9 Å². The molecule has 5 fully saturated rings. The van der Waals surface area contributed by atoms with Crippen LogP contribution >= 0.6 is 0 Å². The molecule has 222 valence electrons. The number of fused-ring (bicyclic) bond motifs is 7. The Morgan fingerprint density at radius 1 is 0.769 bits per heavy atom. The van der Waals surface area contributed by atoms with Crippen molar-refractivity contribution < 1.29 is 34.4 Å². The highest BCUT2D eigenvalue weighted by Crippen LogP contribution is 2.77. The van der Waals surface area contributed by atoms with E-state index in [4.69, 9.17) is 9.47 Å². The van der Waals surface area contributed by atoms with Crippen LogP contribution in [0.3, 0.4) is 0 Å². The number of aliphatic carboxylic acids is 2. The number of rotatable bonds is 6. The first-order valence-electron chi connectivity index (χ1n) is 15.4. The van der Waals surface area contributed by atoms with Crippen molar-refractivity contribution in [2.75, 3.05) is 14.2 Å². The normalized spacial score (nSPS) is 51.8. The number of carboxylic acids is 2. The van der Waals surface area contributed by atoms with Gasteiger partial charge in [-0.25, -0.2) is 0 Å². The van der Waals surface area contributed by atoms with Gasteiger partial charge >= 0.3 is 11.9 Å². The summed E-state index contributed by atoms with van der Waals surface area (Å²) in [4.78, 5) is 25.6. The predicted octanol–water partition coefficient (Wildman–Crippen LogP) is 5.83. The third-order valence-corrected chi connectivity index (χ3v) is 14.6. The molecule has 0 radical (unpaired) electrons. The SMILES string of the molecule is COC(OC)C(C)C1CCC2(C(=O)O)CCC3(C)C(CCC4C5(C)CCC(O)C(C)(C(=O)O)C5CCC43C)C12. The molecule has 5 rings (SSSR count). The van der Waals surface area contributed by atoms with E-state index in [0.717, 1.165) is 51.4 Å². The lowest BCUT2D eigenvalue weighted by Gasteiger charge is -2.72. The fourth-order valence-electron chi connectivity index (χ4n) is 12.3. The first-order valence-corrected chi connectivity index (χ1v) is 15.4. The predicted molar refractivity (Wildman–Crippen MR) is 147 cm³/mol. The Labute approximate surface area is 234 Å². The summed E-state index contributed by atoms with van der Waals surface area (Å²) in [5.41, 5.74) is -2.00. The second-order valence-corrected chi connectivity index (χ2v) is 15.2. The second kappa shape index (κ2) is 9.42. The lowest BCUT2D eigenvalue weighted by atomic mass is 9.32. The average Bonchev–Trinajstić information content (AvgIpc) is 3.28. The van der Waals surface area contributed by atoms with Crippen molar-refractivity contribution >= 4 is 11.9 Å². The molecule has 0 aromatic rings. The van der Waals surface area contributed by atoms with E-state index in [1.807, 2.05) is 0 Å². The molecule has 0 aliphatic heterocycles. The molecular formula is C32H52O7. The van der Waals surface area contributed by atoms with Gasteiger partial charge in [-0.3, -0.25) is 9.59 Å². The second-order valence-electron chi connectivity index (χ2n) is 15.2.